The van der Waals surface area contributed by atoms with E-state index in [-0.39, 0.29) is 12.3 Å². The van der Waals surface area contributed by atoms with Gasteiger partial charge >= 0.3 is 12.1 Å². The summed E-state index contributed by atoms with van der Waals surface area (Å²) in [5.74, 6) is -0.916. The number of nitrogens with one attached hydrogen (secondary N) is 1. The van der Waals surface area contributed by atoms with Crippen LogP contribution in [0.5, 0.6) is 0 Å². The molecule has 1 unspecified atom stereocenters. The Hall–Kier alpha value is -2.63. The highest BCUT2D eigenvalue weighted by molar-refractivity contribution is 5.79. The summed E-state index contributed by atoms with van der Waals surface area (Å²) in [6.45, 7) is 5.96. The van der Waals surface area contributed by atoms with Crippen molar-refractivity contribution in [2.75, 3.05) is 6.54 Å². The lowest BCUT2D eigenvalue weighted by Crippen LogP contribution is -2.33. The summed E-state index contributed by atoms with van der Waals surface area (Å²) in [6.07, 6.45) is 3.71. The summed E-state index contributed by atoms with van der Waals surface area (Å²) in [6, 6.07) is 9.82. The van der Waals surface area contributed by atoms with Gasteiger partial charge in [-0.2, -0.15) is 0 Å². The minimum Gasteiger partial charge on any atom is -0.481 e. The molecule has 1 amide bonds. The lowest BCUT2D eigenvalue weighted by Gasteiger charge is -2.20. The van der Waals surface area contributed by atoms with Crippen molar-refractivity contribution in [2.45, 2.75) is 58.0 Å². The Morgan fingerprint density at radius 3 is 2.67 bits per heavy atom. The topological polar surface area (TPSA) is 88.5 Å². The number of aliphatic carboxylic acids is 1. The molecule has 6 nitrogen and oxygen atoms in total. The molecule has 0 saturated carbocycles. The van der Waals surface area contributed by atoms with Crippen LogP contribution in [0.1, 0.15) is 57.9 Å². The standard InChI is InChI=1S/C21H28N2O4/c1-21(2,3)27-20(26)22-11-7-6-8-15(13-19(24)25)17-12-16-9-4-5-10-18(16)23-14-17/h4-5,9-10,12,14-15H,6-8,11,13H2,1-3H3,(H,22,26)(H,24,25). The van der Waals surface area contributed by atoms with E-state index in [1.165, 1.54) is 0 Å². The number of carbonyl (C=O) groups is 2. The number of unbranched alkanes of at least 4 members (excludes halogenated alkanes) is 1. The highest BCUT2D eigenvalue weighted by Gasteiger charge is 2.17. The third kappa shape index (κ3) is 7.25. The fraction of sp³-hybridized carbons (Fsp3) is 0.476. The molecule has 1 aromatic heterocycles. The van der Waals surface area contributed by atoms with Crippen molar-refractivity contribution in [3.8, 4) is 0 Å². The lowest BCUT2D eigenvalue weighted by atomic mass is 9.91. The van der Waals surface area contributed by atoms with Crippen LogP contribution >= 0.6 is 0 Å². The van der Waals surface area contributed by atoms with Gasteiger partial charge in [-0.25, -0.2) is 4.79 Å². The molecule has 146 valence electrons. The molecule has 0 spiro atoms. The van der Waals surface area contributed by atoms with Crippen LogP contribution in [0.2, 0.25) is 0 Å². The highest BCUT2D eigenvalue weighted by atomic mass is 16.6. The van der Waals surface area contributed by atoms with Crippen LogP contribution in [0.25, 0.3) is 10.9 Å². The average Bonchev–Trinajstić information content (AvgIpc) is 2.58. The highest BCUT2D eigenvalue weighted by Crippen LogP contribution is 2.27. The maximum Gasteiger partial charge on any atom is 0.407 e. The predicted molar refractivity (Wildman–Crippen MR) is 105 cm³/mol. The molecule has 0 aliphatic carbocycles. The number of aromatic nitrogens is 1. The number of amides is 1. The maximum absolute atomic E-state index is 11.6. The Morgan fingerprint density at radius 2 is 1.96 bits per heavy atom. The van der Waals surface area contributed by atoms with E-state index in [0.29, 0.717) is 6.54 Å². The van der Waals surface area contributed by atoms with Crippen molar-refractivity contribution >= 4 is 23.0 Å². The molecule has 0 aliphatic rings. The van der Waals surface area contributed by atoms with Gasteiger partial charge < -0.3 is 15.2 Å². The molecule has 1 heterocycles. The molecule has 2 N–H and O–H groups in total. The molecule has 1 atom stereocenters. The molecule has 0 saturated heterocycles. The van der Waals surface area contributed by atoms with E-state index in [4.69, 9.17) is 4.74 Å². The summed E-state index contributed by atoms with van der Waals surface area (Å²) in [4.78, 5) is 27.3. The largest absolute Gasteiger partial charge is 0.481 e. The smallest absolute Gasteiger partial charge is 0.407 e. The fourth-order valence-corrected chi connectivity index (χ4v) is 2.93. The fourth-order valence-electron chi connectivity index (χ4n) is 2.93. The van der Waals surface area contributed by atoms with Crippen LogP contribution in [-0.2, 0) is 9.53 Å². The molecule has 0 aliphatic heterocycles. The second-order valence-corrected chi connectivity index (χ2v) is 7.68. The zero-order valence-electron chi connectivity index (χ0n) is 16.2. The third-order valence-corrected chi connectivity index (χ3v) is 4.15. The van der Waals surface area contributed by atoms with Gasteiger partial charge in [-0.1, -0.05) is 24.6 Å². The Morgan fingerprint density at radius 1 is 1.22 bits per heavy atom. The van der Waals surface area contributed by atoms with E-state index in [0.717, 1.165) is 35.7 Å². The van der Waals surface area contributed by atoms with Crippen LogP contribution in [0.4, 0.5) is 4.79 Å². The third-order valence-electron chi connectivity index (χ3n) is 4.15. The lowest BCUT2D eigenvalue weighted by molar-refractivity contribution is -0.137. The number of pyridine rings is 1. The first-order valence-corrected chi connectivity index (χ1v) is 9.28. The molecule has 0 fully saturated rings. The van der Waals surface area contributed by atoms with Crippen molar-refractivity contribution in [1.29, 1.82) is 0 Å². The van der Waals surface area contributed by atoms with Crippen LogP contribution in [-0.4, -0.2) is 34.3 Å². The summed E-state index contributed by atoms with van der Waals surface area (Å²) in [5.41, 5.74) is 1.33. The summed E-state index contributed by atoms with van der Waals surface area (Å²) in [5, 5.41) is 13.0. The average molecular weight is 372 g/mol. The minimum atomic E-state index is -0.819. The van der Waals surface area contributed by atoms with Crippen molar-refractivity contribution in [3.05, 3.63) is 42.1 Å². The molecule has 6 heteroatoms. The van der Waals surface area contributed by atoms with Crippen molar-refractivity contribution in [3.63, 3.8) is 0 Å². The SMILES string of the molecule is CC(C)(C)OC(=O)NCCCCC(CC(=O)O)c1cnc2ccccc2c1. The summed E-state index contributed by atoms with van der Waals surface area (Å²) < 4.78 is 5.19. The second-order valence-electron chi connectivity index (χ2n) is 7.68. The maximum atomic E-state index is 11.6. The van der Waals surface area contributed by atoms with Gasteiger partial charge in [0.1, 0.15) is 5.60 Å². The quantitative estimate of drug-likeness (QED) is 0.667. The Bertz CT molecular complexity index is 783. The number of alkyl carbamates (subject to hydrolysis) is 1. The molecule has 2 rings (SSSR count). The number of hydrogen-bond acceptors (Lipinski definition) is 4. The number of hydrogen-bond donors (Lipinski definition) is 2. The first-order valence-electron chi connectivity index (χ1n) is 9.28. The van der Waals surface area contributed by atoms with Gasteiger partial charge in [-0.15, -0.1) is 0 Å². The number of carboxylic acid groups (broad SMARTS) is 1. The van der Waals surface area contributed by atoms with Crippen LogP contribution in [0.3, 0.4) is 0 Å². The van der Waals surface area contributed by atoms with E-state index in [9.17, 15) is 14.7 Å². The van der Waals surface area contributed by atoms with Crippen molar-refractivity contribution in [1.82, 2.24) is 10.3 Å². The number of rotatable bonds is 8. The first kappa shape index (κ1) is 20.7. The molecule has 0 radical (unpaired) electrons. The monoisotopic (exact) mass is 372 g/mol. The van der Waals surface area contributed by atoms with Gasteiger partial charge in [-0.05, 0) is 57.2 Å². The number of para-hydroxylation sites is 1. The molecule has 0 bridgehead atoms. The minimum absolute atomic E-state index is 0.0690. The number of fused-ring (bicyclic) bond motifs is 1. The Balaban J connectivity index is 1.89. The van der Waals surface area contributed by atoms with Crippen LogP contribution in [0, 0.1) is 0 Å². The second kappa shape index (κ2) is 9.35. The van der Waals surface area contributed by atoms with E-state index in [1.54, 1.807) is 6.20 Å². The number of nitrogens with zero attached hydrogens (tertiary/aromatic N) is 1. The Kier molecular flexibility index (Phi) is 7.16. The van der Waals surface area contributed by atoms with E-state index < -0.39 is 17.7 Å². The number of carbonyl (C=O) groups excluding carboxylic acids is 1. The van der Waals surface area contributed by atoms with Gasteiger partial charge in [0.25, 0.3) is 0 Å². The number of benzene rings is 1. The molecule has 2 aromatic rings. The van der Waals surface area contributed by atoms with Gasteiger partial charge in [0.15, 0.2) is 0 Å². The van der Waals surface area contributed by atoms with Crippen molar-refractivity contribution < 1.29 is 19.4 Å². The van der Waals surface area contributed by atoms with E-state index >= 15 is 0 Å². The predicted octanol–water partition coefficient (Wildman–Crippen LogP) is 4.49. The van der Waals surface area contributed by atoms with Gasteiger partial charge in [0.05, 0.1) is 11.9 Å². The summed E-state index contributed by atoms with van der Waals surface area (Å²) in [7, 11) is 0. The molecular formula is C21H28N2O4. The molecule has 1 aromatic carbocycles. The molecular weight excluding hydrogens is 344 g/mol. The number of ether oxygens (including phenoxy) is 1. The zero-order valence-corrected chi connectivity index (χ0v) is 16.2. The zero-order chi connectivity index (χ0) is 19.9. The van der Waals surface area contributed by atoms with E-state index in [2.05, 4.69) is 10.3 Å². The van der Waals surface area contributed by atoms with E-state index in [1.807, 2.05) is 51.1 Å². The first-order chi connectivity index (χ1) is 12.7. The summed E-state index contributed by atoms with van der Waals surface area (Å²) >= 11 is 0. The number of carboxylic acids is 1. The Labute approximate surface area is 159 Å². The van der Waals surface area contributed by atoms with Crippen LogP contribution in [0.15, 0.2) is 36.5 Å². The van der Waals surface area contributed by atoms with Crippen molar-refractivity contribution in [2.24, 2.45) is 0 Å². The van der Waals surface area contributed by atoms with Gasteiger partial charge in [0, 0.05) is 18.1 Å². The van der Waals surface area contributed by atoms with Gasteiger partial charge in [-0.3, -0.25) is 9.78 Å². The normalized spacial score (nSPS) is 12.6. The van der Waals surface area contributed by atoms with Crippen LogP contribution < -0.4 is 5.32 Å². The van der Waals surface area contributed by atoms with Gasteiger partial charge in [0.2, 0.25) is 0 Å². The molecule has 27 heavy (non-hydrogen) atoms.